The number of nitrogens with two attached hydrogens (primary N) is 3. The molecule has 2 unspecified atom stereocenters. The first-order valence-corrected chi connectivity index (χ1v) is 6.91. The molecule has 0 amide bonds. The first-order chi connectivity index (χ1) is 11.4. The molecule has 2 atom stereocenters. The van der Waals surface area contributed by atoms with Crippen LogP contribution < -0.4 is 17.2 Å². The van der Waals surface area contributed by atoms with Gasteiger partial charge in [0.1, 0.15) is 0 Å². The van der Waals surface area contributed by atoms with Gasteiger partial charge < -0.3 is 37.6 Å². The van der Waals surface area contributed by atoms with Crippen LogP contribution in [-0.2, 0) is 9.59 Å². The summed E-state index contributed by atoms with van der Waals surface area (Å²) < 4.78 is 0. The highest BCUT2D eigenvalue weighted by molar-refractivity contribution is 6.35. The molecule has 0 spiro atoms. The number of hydrogen-bond donors (Lipinski definition) is 7. The van der Waals surface area contributed by atoms with Gasteiger partial charge in [-0.15, -0.1) is 0 Å². The monoisotopic (exact) mass is 395 g/mol. The summed E-state index contributed by atoms with van der Waals surface area (Å²) in [6.07, 6.45) is -4.53. The number of aliphatic imine (C=N–C) groups is 2. The fraction of sp³-hybridized carbons (Fsp3) is 0.167. The maximum atomic E-state index is 9.77. The molecule has 0 aromatic heterocycles. The van der Waals surface area contributed by atoms with Crippen molar-refractivity contribution >= 4 is 52.7 Å². The zero-order valence-electron chi connectivity index (χ0n) is 12.4. The average molecular weight is 396 g/mol. The zero-order chi connectivity index (χ0) is 19.7. The topological polar surface area (TPSA) is 218 Å². The van der Waals surface area contributed by atoms with Crippen LogP contribution in [0.1, 0.15) is 0 Å². The highest BCUT2D eigenvalue weighted by Crippen LogP contribution is 2.24. The third-order valence-corrected chi connectivity index (χ3v) is 2.58. The summed E-state index contributed by atoms with van der Waals surface area (Å²) in [6, 6.07) is 4.75. The van der Waals surface area contributed by atoms with E-state index in [1.807, 2.05) is 0 Å². The smallest absolute Gasteiger partial charge is 0.335 e. The van der Waals surface area contributed by atoms with E-state index < -0.39 is 24.1 Å². The summed E-state index contributed by atoms with van der Waals surface area (Å²) in [7, 11) is 0. The van der Waals surface area contributed by atoms with Gasteiger partial charge in [-0.25, -0.2) is 14.6 Å². The van der Waals surface area contributed by atoms with E-state index in [2.05, 4.69) is 9.98 Å². The number of guanidine groups is 2. The Balaban J connectivity index is 0.000000504. The lowest BCUT2D eigenvalue weighted by Gasteiger charge is -2.07. The Morgan fingerprint density at radius 2 is 1.32 bits per heavy atom. The number of carboxylic acids is 2. The van der Waals surface area contributed by atoms with Crippen LogP contribution in [-0.4, -0.2) is 56.5 Å². The number of aliphatic carboxylic acids is 2. The van der Waals surface area contributed by atoms with E-state index in [9.17, 15) is 9.59 Å². The van der Waals surface area contributed by atoms with Gasteiger partial charge in [-0.2, -0.15) is 4.99 Å². The first kappa shape index (κ1) is 22.4. The van der Waals surface area contributed by atoms with Crippen molar-refractivity contribution in [1.29, 1.82) is 0 Å². The van der Waals surface area contributed by atoms with E-state index in [-0.39, 0.29) is 11.9 Å². The largest absolute Gasteiger partial charge is 0.479 e. The minimum absolute atomic E-state index is 0.0617. The van der Waals surface area contributed by atoms with E-state index in [1.54, 1.807) is 18.2 Å². The minimum atomic E-state index is -2.27. The van der Waals surface area contributed by atoms with Crippen LogP contribution in [0.4, 0.5) is 5.69 Å². The fourth-order valence-corrected chi connectivity index (χ4v) is 1.68. The number of rotatable bonds is 4. The molecular weight excluding hydrogens is 381 g/mol. The van der Waals surface area contributed by atoms with Gasteiger partial charge >= 0.3 is 11.9 Å². The second kappa shape index (κ2) is 10.3. The van der Waals surface area contributed by atoms with Crippen molar-refractivity contribution in [2.75, 3.05) is 0 Å². The van der Waals surface area contributed by atoms with Crippen LogP contribution in [0.3, 0.4) is 0 Å². The lowest BCUT2D eigenvalue weighted by atomic mass is 10.2. The second-order valence-corrected chi connectivity index (χ2v) is 5.07. The third kappa shape index (κ3) is 9.32. The predicted molar refractivity (Wildman–Crippen MR) is 90.8 cm³/mol. The molecule has 0 saturated heterocycles. The van der Waals surface area contributed by atoms with E-state index in [0.29, 0.717) is 15.7 Å². The summed E-state index contributed by atoms with van der Waals surface area (Å²) >= 11 is 11.5. The molecule has 138 valence electrons. The number of aliphatic hydroxyl groups is 2. The SMILES string of the molecule is NC(N)=NC(N)=Nc1cc(Cl)cc(Cl)c1.O=C(O)C(O)C(O)C(=O)O. The molecule has 0 aliphatic carbocycles. The standard InChI is InChI=1S/C8H9Cl2N5.C4H6O6/c9-4-1-5(10)3-6(2-4)14-8(13)15-7(11)12;5-1(3(7)8)2(6)4(9)10/h1-3H,(H6,11,12,13,14,15);1-2,5-6H,(H,7,8)(H,9,10). The van der Waals surface area contributed by atoms with Gasteiger partial charge in [0.2, 0.25) is 5.96 Å². The van der Waals surface area contributed by atoms with Crippen LogP contribution in [0.25, 0.3) is 0 Å². The summed E-state index contributed by atoms with van der Waals surface area (Å²) in [4.78, 5) is 27.0. The van der Waals surface area contributed by atoms with Crippen molar-refractivity contribution < 1.29 is 30.0 Å². The van der Waals surface area contributed by atoms with Crippen LogP contribution in [0, 0.1) is 0 Å². The molecule has 0 heterocycles. The minimum Gasteiger partial charge on any atom is -0.479 e. The summed E-state index contributed by atoms with van der Waals surface area (Å²) in [5.74, 6) is -3.76. The Morgan fingerprint density at radius 1 is 0.920 bits per heavy atom. The predicted octanol–water partition coefficient (Wildman–Crippen LogP) is -0.910. The summed E-state index contributed by atoms with van der Waals surface area (Å²) in [5.41, 5.74) is 16.1. The Hall–Kier alpha value is -2.60. The molecule has 0 saturated carbocycles. The number of benzene rings is 1. The quantitative estimate of drug-likeness (QED) is 0.247. The molecule has 1 aromatic rings. The Bertz CT molecular complexity index is 654. The fourth-order valence-electron chi connectivity index (χ4n) is 1.16. The number of carbonyl (C=O) groups is 2. The molecule has 0 aliphatic heterocycles. The number of nitrogens with zero attached hydrogens (tertiary/aromatic N) is 2. The maximum Gasteiger partial charge on any atom is 0.335 e. The zero-order valence-corrected chi connectivity index (χ0v) is 13.9. The highest BCUT2D eigenvalue weighted by atomic mass is 35.5. The number of carboxylic acid groups (broad SMARTS) is 2. The number of aliphatic hydroxyl groups excluding tert-OH is 2. The molecule has 1 aromatic carbocycles. The van der Waals surface area contributed by atoms with Gasteiger partial charge in [0.25, 0.3) is 0 Å². The summed E-state index contributed by atoms with van der Waals surface area (Å²) in [6.45, 7) is 0. The molecule has 0 radical (unpaired) electrons. The Kier molecular flexibility index (Phi) is 9.23. The average Bonchev–Trinajstić information content (AvgIpc) is 2.43. The Labute approximate surface area is 151 Å². The van der Waals surface area contributed by atoms with Gasteiger partial charge in [0, 0.05) is 10.0 Å². The van der Waals surface area contributed by atoms with Crippen LogP contribution in [0.2, 0.25) is 10.0 Å². The molecule has 11 nitrogen and oxygen atoms in total. The number of hydrogen-bond acceptors (Lipinski definition) is 5. The van der Waals surface area contributed by atoms with Crippen molar-refractivity contribution in [2.24, 2.45) is 27.2 Å². The van der Waals surface area contributed by atoms with Gasteiger partial charge in [-0.1, -0.05) is 23.2 Å². The summed E-state index contributed by atoms with van der Waals surface area (Å²) in [5, 5.41) is 33.4. The van der Waals surface area contributed by atoms with Gasteiger partial charge in [-0.3, -0.25) is 0 Å². The van der Waals surface area contributed by atoms with Crippen LogP contribution in [0.5, 0.6) is 0 Å². The molecule has 13 heteroatoms. The number of halogens is 2. The molecule has 1 rings (SSSR count). The van der Waals surface area contributed by atoms with E-state index in [1.165, 1.54) is 0 Å². The molecular formula is C12H15Cl2N5O6. The van der Waals surface area contributed by atoms with Crippen LogP contribution >= 0.6 is 23.2 Å². The lowest BCUT2D eigenvalue weighted by Crippen LogP contribution is -2.39. The molecule has 10 N–H and O–H groups in total. The highest BCUT2D eigenvalue weighted by Gasteiger charge is 2.29. The van der Waals surface area contributed by atoms with Gasteiger partial charge in [0.05, 0.1) is 5.69 Å². The second-order valence-electron chi connectivity index (χ2n) is 4.20. The third-order valence-electron chi connectivity index (χ3n) is 2.14. The van der Waals surface area contributed by atoms with Gasteiger partial charge in [0.15, 0.2) is 18.2 Å². The van der Waals surface area contributed by atoms with Crippen molar-refractivity contribution in [1.82, 2.24) is 0 Å². The lowest BCUT2D eigenvalue weighted by molar-refractivity contribution is -0.165. The normalized spacial score (nSPS) is 13.0. The van der Waals surface area contributed by atoms with Crippen molar-refractivity contribution in [3.63, 3.8) is 0 Å². The Morgan fingerprint density at radius 3 is 1.64 bits per heavy atom. The van der Waals surface area contributed by atoms with E-state index in [0.717, 1.165) is 0 Å². The van der Waals surface area contributed by atoms with E-state index >= 15 is 0 Å². The van der Waals surface area contributed by atoms with Crippen molar-refractivity contribution in [3.8, 4) is 0 Å². The molecule has 0 aliphatic rings. The first-order valence-electron chi connectivity index (χ1n) is 6.15. The van der Waals surface area contributed by atoms with Crippen molar-refractivity contribution in [3.05, 3.63) is 28.2 Å². The molecule has 0 fully saturated rings. The van der Waals surface area contributed by atoms with E-state index in [4.69, 9.17) is 60.8 Å². The van der Waals surface area contributed by atoms with Crippen LogP contribution in [0.15, 0.2) is 28.2 Å². The van der Waals surface area contributed by atoms with Crippen molar-refractivity contribution in [2.45, 2.75) is 12.2 Å². The molecule has 0 bridgehead atoms. The molecule has 25 heavy (non-hydrogen) atoms. The maximum absolute atomic E-state index is 9.77. The van der Waals surface area contributed by atoms with Gasteiger partial charge in [-0.05, 0) is 18.2 Å².